The lowest BCUT2D eigenvalue weighted by Crippen LogP contribution is -2.42. The molecule has 1 heterocycles. The van der Waals surface area contributed by atoms with Crippen molar-refractivity contribution in [2.24, 2.45) is 0 Å². The minimum Gasteiger partial charge on any atom is -0.454 e. The van der Waals surface area contributed by atoms with E-state index < -0.39 is 0 Å². The third-order valence-electron chi connectivity index (χ3n) is 1.88. The van der Waals surface area contributed by atoms with Crippen LogP contribution in [0.2, 0.25) is 0 Å². The first-order chi connectivity index (χ1) is 6.53. The summed E-state index contributed by atoms with van der Waals surface area (Å²) >= 11 is 2.16. The van der Waals surface area contributed by atoms with E-state index >= 15 is 0 Å². The zero-order valence-corrected chi connectivity index (χ0v) is 10.9. The lowest BCUT2D eigenvalue weighted by atomic mass is 10.1. The van der Waals surface area contributed by atoms with Gasteiger partial charge in [-0.15, -0.1) is 0 Å². The molecular formula is C10H16INO2. The summed E-state index contributed by atoms with van der Waals surface area (Å²) in [5, 5.41) is 3.37. The van der Waals surface area contributed by atoms with Gasteiger partial charge in [0.25, 0.3) is 0 Å². The van der Waals surface area contributed by atoms with Gasteiger partial charge in [0.1, 0.15) is 5.76 Å². The van der Waals surface area contributed by atoms with Crippen LogP contribution in [-0.4, -0.2) is 19.3 Å². The molecule has 3 nitrogen and oxygen atoms in total. The summed E-state index contributed by atoms with van der Waals surface area (Å²) in [6, 6.07) is 3.94. The highest BCUT2D eigenvalue weighted by Gasteiger charge is 2.16. The molecule has 0 radical (unpaired) electrons. The van der Waals surface area contributed by atoms with E-state index in [2.05, 4.69) is 41.8 Å². The van der Waals surface area contributed by atoms with Crippen LogP contribution in [0.1, 0.15) is 19.6 Å². The van der Waals surface area contributed by atoms with Gasteiger partial charge < -0.3 is 14.5 Å². The highest BCUT2D eigenvalue weighted by atomic mass is 127. The normalized spacial score (nSPS) is 12.0. The summed E-state index contributed by atoms with van der Waals surface area (Å²) in [7, 11) is 1.71. The lowest BCUT2D eigenvalue weighted by Gasteiger charge is -2.24. The van der Waals surface area contributed by atoms with Crippen molar-refractivity contribution in [3.05, 3.63) is 21.7 Å². The minimum absolute atomic E-state index is 0.0209. The summed E-state index contributed by atoms with van der Waals surface area (Å²) in [4.78, 5) is 0. The van der Waals surface area contributed by atoms with Gasteiger partial charge in [-0.25, -0.2) is 0 Å². The van der Waals surface area contributed by atoms with E-state index in [0.29, 0.717) is 6.61 Å². The van der Waals surface area contributed by atoms with E-state index in [1.54, 1.807) is 7.11 Å². The second-order valence-corrected chi connectivity index (χ2v) is 4.94. The number of halogens is 1. The van der Waals surface area contributed by atoms with Gasteiger partial charge in [-0.1, -0.05) is 0 Å². The predicted octanol–water partition coefficient (Wildman–Crippen LogP) is 2.40. The van der Waals surface area contributed by atoms with Crippen LogP contribution in [0.3, 0.4) is 0 Å². The Kier molecular flexibility index (Phi) is 4.40. The molecule has 0 aliphatic rings. The molecule has 0 aromatic carbocycles. The van der Waals surface area contributed by atoms with Crippen molar-refractivity contribution in [2.75, 3.05) is 13.7 Å². The van der Waals surface area contributed by atoms with Gasteiger partial charge in [-0.05, 0) is 48.6 Å². The summed E-state index contributed by atoms with van der Waals surface area (Å²) < 4.78 is 11.5. The predicted molar refractivity (Wildman–Crippen MR) is 64.2 cm³/mol. The van der Waals surface area contributed by atoms with Crippen molar-refractivity contribution in [1.82, 2.24) is 5.32 Å². The maximum Gasteiger partial charge on any atom is 0.164 e. The van der Waals surface area contributed by atoms with Gasteiger partial charge >= 0.3 is 0 Å². The smallest absolute Gasteiger partial charge is 0.164 e. The Morgan fingerprint density at radius 1 is 1.50 bits per heavy atom. The number of furan rings is 1. The number of nitrogens with one attached hydrogen (secondary N) is 1. The van der Waals surface area contributed by atoms with Gasteiger partial charge in [0.2, 0.25) is 0 Å². The van der Waals surface area contributed by atoms with Gasteiger partial charge in [0.15, 0.2) is 3.77 Å². The van der Waals surface area contributed by atoms with E-state index in [9.17, 15) is 0 Å². The molecule has 0 atom stereocenters. The molecule has 0 amide bonds. The molecule has 1 rings (SSSR count). The van der Waals surface area contributed by atoms with Crippen molar-refractivity contribution in [3.8, 4) is 0 Å². The fourth-order valence-electron chi connectivity index (χ4n) is 1.19. The Bertz CT molecular complexity index is 283. The fraction of sp³-hybridized carbons (Fsp3) is 0.600. The average Bonchev–Trinajstić information content (AvgIpc) is 2.48. The van der Waals surface area contributed by atoms with Crippen molar-refractivity contribution >= 4 is 22.6 Å². The second-order valence-electron chi connectivity index (χ2n) is 3.88. The van der Waals surface area contributed by atoms with E-state index in [-0.39, 0.29) is 5.54 Å². The van der Waals surface area contributed by atoms with E-state index in [1.807, 2.05) is 12.1 Å². The second kappa shape index (κ2) is 5.14. The van der Waals surface area contributed by atoms with Crippen LogP contribution >= 0.6 is 22.6 Å². The van der Waals surface area contributed by atoms with Gasteiger partial charge in [-0.2, -0.15) is 0 Å². The third-order valence-corrected chi connectivity index (χ3v) is 2.45. The summed E-state index contributed by atoms with van der Waals surface area (Å²) in [6.07, 6.45) is 0. The number of methoxy groups -OCH3 is 1. The molecule has 1 N–H and O–H groups in total. The topological polar surface area (TPSA) is 34.4 Å². The highest BCUT2D eigenvalue weighted by Crippen LogP contribution is 2.11. The van der Waals surface area contributed by atoms with Gasteiger partial charge in [0, 0.05) is 12.6 Å². The molecule has 0 spiro atoms. The van der Waals surface area contributed by atoms with E-state index in [0.717, 1.165) is 16.1 Å². The SMILES string of the molecule is COCC(C)(C)NCc1ccc(I)o1. The van der Waals surface area contributed by atoms with Crippen LogP contribution < -0.4 is 5.32 Å². The summed E-state index contributed by atoms with van der Waals surface area (Å²) in [5.74, 6) is 0.957. The zero-order valence-electron chi connectivity index (χ0n) is 8.76. The molecule has 0 bridgehead atoms. The molecule has 0 saturated carbocycles. The van der Waals surface area contributed by atoms with Crippen LogP contribution in [0.15, 0.2) is 16.5 Å². The largest absolute Gasteiger partial charge is 0.454 e. The number of rotatable bonds is 5. The monoisotopic (exact) mass is 309 g/mol. The maximum atomic E-state index is 5.44. The Hall–Kier alpha value is -0.0700. The summed E-state index contributed by atoms with van der Waals surface area (Å²) in [5.41, 5.74) is -0.0209. The quantitative estimate of drug-likeness (QED) is 0.848. The maximum absolute atomic E-state index is 5.44. The van der Waals surface area contributed by atoms with Crippen LogP contribution in [0.5, 0.6) is 0 Å². The van der Waals surface area contributed by atoms with Crippen molar-refractivity contribution in [1.29, 1.82) is 0 Å². The van der Waals surface area contributed by atoms with Crippen molar-refractivity contribution in [2.45, 2.75) is 25.9 Å². The lowest BCUT2D eigenvalue weighted by molar-refractivity contribution is 0.126. The fourth-order valence-corrected chi connectivity index (χ4v) is 1.65. The third kappa shape index (κ3) is 3.98. The molecule has 1 aromatic heterocycles. The highest BCUT2D eigenvalue weighted by molar-refractivity contribution is 14.1. The first-order valence-electron chi connectivity index (χ1n) is 4.52. The number of ether oxygens (including phenoxy) is 1. The van der Waals surface area contributed by atoms with Crippen LogP contribution in [0.25, 0.3) is 0 Å². The number of hydrogen-bond acceptors (Lipinski definition) is 3. The molecule has 1 aromatic rings. The average molecular weight is 309 g/mol. The molecule has 80 valence electrons. The Labute approximate surface area is 98.3 Å². The standard InChI is InChI=1S/C10H16INO2/c1-10(2,7-13-3)12-6-8-4-5-9(11)14-8/h4-5,12H,6-7H2,1-3H3. The Morgan fingerprint density at radius 2 is 2.21 bits per heavy atom. The van der Waals surface area contributed by atoms with E-state index in [4.69, 9.17) is 9.15 Å². The Balaban J connectivity index is 2.40. The van der Waals surface area contributed by atoms with Crippen molar-refractivity contribution in [3.63, 3.8) is 0 Å². The van der Waals surface area contributed by atoms with Crippen LogP contribution in [-0.2, 0) is 11.3 Å². The first kappa shape index (κ1) is 12.0. The molecule has 14 heavy (non-hydrogen) atoms. The van der Waals surface area contributed by atoms with Crippen molar-refractivity contribution < 1.29 is 9.15 Å². The van der Waals surface area contributed by atoms with Gasteiger partial charge in [0.05, 0.1) is 13.2 Å². The molecular weight excluding hydrogens is 293 g/mol. The summed E-state index contributed by atoms with van der Waals surface area (Å²) in [6.45, 7) is 5.62. The zero-order chi connectivity index (χ0) is 10.6. The molecule has 0 fully saturated rings. The van der Waals surface area contributed by atoms with Crippen LogP contribution in [0, 0.1) is 3.77 Å². The van der Waals surface area contributed by atoms with E-state index in [1.165, 1.54) is 0 Å². The molecule has 4 heteroatoms. The Morgan fingerprint density at radius 3 is 2.71 bits per heavy atom. The minimum atomic E-state index is -0.0209. The van der Waals surface area contributed by atoms with Gasteiger partial charge in [-0.3, -0.25) is 0 Å². The molecule has 0 aliphatic carbocycles. The molecule has 0 unspecified atom stereocenters. The molecule has 0 saturated heterocycles. The number of hydrogen-bond donors (Lipinski definition) is 1. The first-order valence-corrected chi connectivity index (χ1v) is 5.59. The molecule has 0 aliphatic heterocycles. The van der Waals surface area contributed by atoms with Crippen LogP contribution in [0.4, 0.5) is 0 Å².